The van der Waals surface area contributed by atoms with Gasteiger partial charge in [0.15, 0.2) is 5.17 Å². The van der Waals surface area contributed by atoms with Gasteiger partial charge in [-0.1, -0.05) is 41.0 Å². The van der Waals surface area contributed by atoms with E-state index in [9.17, 15) is 31.1 Å². The number of hydrogen-bond acceptors (Lipinski definition) is 3. The van der Waals surface area contributed by atoms with Gasteiger partial charge in [-0.15, -0.1) is 0 Å². The molecular weight excluding hydrogens is 489 g/mol. The fraction of sp³-hybridized carbons (Fsp3) is 0.263. The minimum absolute atomic E-state index is 0.0208. The third kappa shape index (κ3) is 5.67. The SMILES string of the molecule is O=C(c1cc(C(F)(F)F)cc(C(F)(F)F)c1)N1CCN=C1SCc1ccc(Cl)cc1Cl. The maximum atomic E-state index is 13.1. The van der Waals surface area contributed by atoms with E-state index in [1.165, 1.54) is 6.07 Å². The Morgan fingerprint density at radius 3 is 2.16 bits per heavy atom. The fourth-order valence-corrected chi connectivity index (χ4v) is 4.36. The number of nitrogens with zero attached hydrogens (tertiary/aromatic N) is 2. The predicted molar refractivity (Wildman–Crippen MR) is 108 cm³/mol. The highest BCUT2D eigenvalue weighted by Gasteiger charge is 2.38. The van der Waals surface area contributed by atoms with Crippen molar-refractivity contribution in [2.24, 2.45) is 4.99 Å². The van der Waals surface area contributed by atoms with E-state index in [1.807, 2.05) is 0 Å². The van der Waals surface area contributed by atoms with Crippen LogP contribution in [0, 0.1) is 0 Å². The van der Waals surface area contributed by atoms with Crippen molar-refractivity contribution in [1.82, 2.24) is 4.90 Å². The average Bonchev–Trinajstić information content (AvgIpc) is 3.13. The summed E-state index contributed by atoms with van der Waals surface area (Å²) in [4.78, 5) is 18.0. The highest BCUT2D eigenvalue weighted by Crippen LogP contribution is 2.37. The van der Waals surface area contributed by atoms with Gasteiger partial charge in [0, 0.05) is 27.9 Å². The highest BCUT2D eigenvalue weighted by molar-refractivity contribution is 8.13. The quantitative estimate of drug-likeness (QED) is 0.435. The zero-order valence-corrected chi connectivity index (χ0v) is 17.6. The molecule has 0 N–H and O–H groups in total. The number of halogens is 8. The monoisotopic (exact) mass is 500 g/mol. The van der Waals surface area contributed by atoms with E-state index in [0.29, 0.717) is 27.7 Å². The molecule has 3 rings (SSSR count). The summed E-state index contributed by atoms with van der Waals surface area (Å²) in [5.74, 6) is -0.725. The Hall–Kier alpha value is -1.91. The summed E-state index contributed by atoms with van der Waals surface area (Å²) in [6.07, 6.45) is -10.1. The number of amidine groups is 1. The average molecular weight is 501 g/mol. The predicted octanol–water partition coefficient (Wildman–Crippen LogP) is 6.78. The zero-order valence-electron chi connectivity index (χ0n) is 15.3. The van der Waals surface area contributed by atoms with Crippen molar-refractivity contribution in [3.05, 3.63) is 68.7 Å². The summed E-state index contributed by atoms with van der Waals surface area (Å²) >= 11 is 13.0. The van der Waals surface area contributed by atoms with Gasteiger partial charge in [0.1, 0.15) is 0 Å². The Bertz CT molecular complexity index is 1010. The van der Waals surface area contributed by atoms with Crippen molar-refractivity contribution in [2.45, 2.75) is 18.1 Å². The van der Waals surface area contributed by atoms with Crippen LogP contribution in [0.4, 0.5) is 26.3 Å². The number of hydrogen-bond donors (Lipinski definition) is 0. The van der Waals surface area contributed by atoms with Crippen LogP contribution in [0.1, 0.15) is 27.0 Å². The molecule has 31 heavy (non-hydrogen) atoms. The van der Waals surface area contributed by atoms with Crippen molar-refractivity contribution < 1.29 is 31.1 Å². The Balaban J connectivity index is 1.85. The van der Waals surface area contributed by atoms with E-state index in [-0.39, 0.29) is 30.1 Å². The van der Waals surface area contributed by atoms with Gasteiger partial charge in [0.05, 0.1) is 17.7 Å². The molecule has 0 aromatic heterocycles. The molecule has 0 unspecified atom stereocenters. The number of aliphatic imine (C=N–C) groups is 1. The Kier molecular flexibility index (Phi) is 6.83. The normalized spacial score (nSPS) is 14.7. The molecule has 12 heteroatoms. The Morgan fingerprint density at radius 1 is 1.00 bits per heavy atom. The van der Waals surface area contributed by atoms with Crippen LogP contribution in [-0.4, -0.2) is 29.1 Å². The van der Waals surface area contributed by atoms with Gasteiger partial charge in [-0.2, -0.15) is 26.3 Å². The number of thioether (sulfide) groups is 1. The maximum absolute atomic E-state index is 13.1. The first-order chi connectivity index (χ1) is 14.4. The van der Waals surface area contributed by atoms with Crippen LogP contribution in [0.3, 0.4) is 0 Å². The molecule has 0 bridgehead atoms. The molecule has 2 aromatic rings. The second-order valence-electron chi connectivity index (χ2n) is 6.44. The van der Waals surface area contributed by atoms with Crippen molar-refractivity contribution in [3.8, 4) is 0 Å². The second-order valence-corrected chi connectivity index (χ2v) is 8.23. The lowest BCUT2D eigenvalue weighted by molar-refractivity contribution is -0.143. The topological polar surface area (TPSA) is 32.7 Å². The first kappa shape index (κ1) is 23.7. The van der Waals surface area contributed by atoms with E-state index in [2.05, 4.69) is 4.99 Å². The first-order valence-electron chi connectivity index (χ1n) is 8.59. The Morgan fingerprint density at radius 2 is 1.61 bits per heavy atom. The lowest BCUT2D eigenvalue weighted by atomic mass is 10.0. The lowest BCUT2D eigenvalue weighted by Gasteiger charge is -2.20. The largest absolute Gasteiger partial charge is 0.416 e. The van der Waals surface area contributed by atoms with Crippen LogP contribution >= 0.6 is 35.0 Å². The number of carbonyl (C=O) groups excluding carboxylic acids is 1. The third-order valence-corrected chi connectivity index (χ3v) is 5.90. The number of carbonyl (C=O) groups is 1. The molecule has 2 aromatic carbocycles. The van der Waals surface area contributed by atoms with Gasteiger partial charge in [0.2, 0.25) is 0 Å². The number of amides is 1. The van der Waals surface area contributed by atoms with E-state index < -0.39 is 35.0 Å². The summed E-state index contributed by atoms with van der Waals surface area (Å²) in [6, 6.07) is 5.61. The summed E-state index contributed by atoms with van der Waals surface area (Å²) in [5.41, 5.74) is -3.15. The van der Waals surface area contributed by atoms with Crippen molar-refractivity contribution in [3.63, 3.8) is 0 Å². The molecule has 0 saturated carbocycles. The molecule has 166 valence electrons. The number of benzene rings is 2. The Labute approximate surface area is 187 Å². The molecule has 1 heterocycles. The van der Waals surface area contributed by atoms with Crippen LogP contribution < -0.4 is 0 Å². The van der Waals surface area contributed by atoms with Crippen LogP contribution in [-0.2, 0) is 18.1 Å². The molecule has 1 aliphatic rings. The van der Waals surface area contributed by atoms with Gasteiger partial charge in [0.25, 0.3) is 5.91 Å². The van der Waals surface area contributed by atoms with Crippen LogP contribution in [0.5, 0.6) is 0 Å². The molecule has 0 saturated heterocycles. The molecule has 1 amide bonds. The molecule has 0 fully saturated rings. The fourth-order valence-electron chi connectivity index (χ4n) is 2.75. The molecule has 0 atom stereocenters. The zero-order chi connectivity index (χ0) is 23.0. The molecule has 3 nitrogen and oxygen atoms in total. The van der Waals surface area contributed by atoms with Gasteiger partial charge in [-0.25, -0.2) is 0 Å². The smallest absolute Gasteiger partial charge is 0.286 e. The first-order valence-corrected chi connectivity index (χ1v) is 10.3. The van der Waals surface area contributed by atoms with Crippen molar-refractivity contribution >= 4 is 46.0 Å². The van der Waals surface area contributed by atoms with Crippen LogP contribution in [0.25, 0.3) is 0 Å². The van der Waals surface area contributed by atoms with E-state index in [4.69, 9.17) is 23.2 Å². The van der Waals surface area contributed by atoms with E-state index >= 15 is 0 Å². The molecular formula is C19H12Cl2F6N2OS. The lowest BCUT2D eigenvalue weighted by Crippen LogP contribution is -2.33. The summed E-state index contributed by atoms with van der Waals surface area (Å²) in [6.45, 7) is 0.209. The molecule has 1 aliphatic heterocycles. The highest BCUT2D eigenvalue weighted by atomic mass is 35.5. The van der Waals surface area contributed by atoms with Crippen molar-refractivity contribution in [1.29, 1.82) is 0 Å². The number of alkyl halides is 6. The molecule has 0 aliphatic carbocycles. The van der Waals surface area contributed by atoms with E-state index in [1.54, 1.807) is 12.1 Å². The third-order valence-electron chi connectivity index (χ3n) is 4.25. The summed E-state index contributed by atoms with van der Waals surface area (Å²) < 4.78 is 78.5. The maximum Gasteiger partial charge on any atom is 0.416 e. The van der Waals surface area contributed by atoms with Gasteiger partial charge >= 0.3 is 12.4 Å². The van der Waals surface area contributed by atoms with Crippen molar-refractivity contribution in [2.75, 3.05) is 13.1 Å². The van der Waals surface area contributed by atoms with Gasteiger partial charge in [-0.05, 0) is 35.9 Å². The standard InChI is InChI=1S/C19H12Cl2F6N2OS/c20-14-2-1-10(15(21)8-14)9-31-17-28-3-4-29(17)16(30)11-5-12(18(22,23)24)7-13(6-11)19(25,26)27/h1-2,5-8H,3-4,9H2. The number of rotatable bonds is 3. The van der Waals surface area contributed by atoms with E-state index in [0.717, 1.165) is 16.7 Å². The molecule has 0 radical (unpaired) electrons. The minimum atomic E-state index is -5.04. The van der Waals surface area contributed by atoms with Crippen LogP contribution in [0.2, 0.25) is 10.0 Å². The summed E-state index contributed by atoms with van der Waals surface area (Å²) in [5, 5.41) is 0.991. The minimum Gasteiger partial charge on any atom is -0.286 e. The van der Waals surface area contributed by atoms with Gasteiger partial charge in [-0.3, -0.25) is 14.7 Å². The second kappa shape index (κ2) is 8.91. The summed E-state index contributed by atoms with van der Waals surface area (Å²) in [7, 11) is 0. The molecule has 0 spiro atoms. The van der Waals surface area contributed by atoms with Crippen LogP contribution in [0.15, 0.2) is 41.4 Å². The van der Waals surface area contributed by atoms with Gasteiger partial charge < -0.3 is 0 Å².